The van der Waals surface area contributed by atoms with Crippen molar-refractivity contribution >= 4 is 28.0 Å². The molecule has 0 atom stereocenters. The number of benzene rings is 3. The fourth-order valence-electron chi connectivity index (χ4n) is 3.68. The Morgan fingerprint density at radius 3 is 2.20 bits per heavy atom. The van der Waals surface area contributed by atoms with Gasteiger partial charge >= 0.3 is 0 Å². The minimum atomic E-state index is -0.155. The monoisotopic (exact) mass is 397 g/mol. The van der Waals surface area contributed by atoms with Gasteiger partial charge in [0.25, 0.3) is 5.56 Å². The standard InChI is InChI=1S/C24H19N3O3/c1-16-25-27(18-8-4-3-5-9-18)22-20-10-6-7-11-21(20)23(28)26(24(22)30-16)17-12-14-19(29-2)15-13-17/h3-15H,1-2H3. The summed E-state index contributed by atoms with van der Waals surface area (Å²) >= 11 is 0. The van der Waals surface area contributed by atoms with Crippen LogP contribution >= 0.6 is 0 Å². The van der Waals surface area contributed by atoms with E-state index in [0.717, 1.165) is 16.8 Å². The minimum absolute atomic E-state index is 0.155. The van der Waals surface area contributed by atoms with Gasteiger partial charge in [-0.3, -0.25) is 4.79 Å². The number of hydrazone groups is 1. The summed E-state index contributed by atoms with van der Waals surface area (Å²) in [6.45, 7) is 1.77. The van der Waals surface area contributed by atoms with Gasteiger partial charge < -0.3 is 9.47 Å². The summed E-state index contributed by atoms with van der Waals surface area (Å²) in [5, 5.41) is 7.83. The van der Waals surface area contributed by atoms with Crippen molar-refractivity contribution in [1.82, 2.24) is 4.57 Å². The van der Waals surface area contributed by atoms with E-state index in [1.807, 2.05) is 83.9 Å². The van der Waals surface area contributed by atoms with Crippen LogP contribution in [0.5, 0.6) is 11.6 Å². The quantitative estimate of drug-likeness (QED) is 0.495. The highest BCUT2D eigenvalue weighted by Crippen LogP contribution is 2.42. The second kappa shape index (κ2) is 7.08. The predicted molar refractivity (Wildman–Crippen MR) is 118 cm³/mol. The van der Waals surface area contributed by atoms with Crippen LogP contribution in [0.4, 0.5) is 11.4 Å². The van der Waals surface area contributed by atoms with Crippen LogP contribution in [0.25, 0.3) is 16.5 Å². The topological polar surface area (TPSA) is 56.1 Å². The molecule has 0 N–H and O–H groups in total. The number of pyridine rings is 1. The molecule has 0 unspecified atom stereocenters. The van der Waals surface area contributed by atoms with Crippen LogP contribution in [0, 0.1) is 0 Å². The predicted octanol–water partition coefficient (Wildman–Crippen LogP) is 4.86. The van der Waals surface area contributed by atoms with Crippen molar-refractivity contribution in [3.8, 4) is 17.3 Å². The molecule has 1 aliphatic heterocycles. The SMILES string of the molecule is COc1ccc(-n2c3c(c4ccccc4c2=O)N(c2ccccc2)N=C(C)O3)cc1. The Hall–Kier alpha value is -4.06. The first-order chi connectivity index (χ1) is 14.7. The number of methoxy groups -OCH3 is 1. The number of hydrogen-bond donors (Lipinski definition) is 0. The number of aromatic nitrogens is 1. The smallest absolute Gasteiger partial charge is 0.265 e. The normalized spacial score (nSPS) is 12.9. The third-order valence-electron chi connectivity index (χ3n) is 5.05. The number of rotatable bonds is 3. The molecule has 0 spiro atoms. The van der Waals surface area contributed by atoms with Gasteiger partial charge in [0.05, 0.1) is 18.5 Å². The molecule has 4 aromatic rings. The maximum absolute atomic E-state index is 13.5. The Bertz CT molecular complexity index is 1330. The summed E-state index contributed by atoms with van der Waals surface area (Å²) in [5.74, 6) is 1.59. The van der Waals surface area contributed by atoms with E-state index in [-0.39, 0.29) is 5.56 Å². The highest BCUT2D eigenvalue weighted by atomic mass is 16.5. The van der Waals surface area contributed by atoms with E-state index in [2.05, 4.69) is 5.10 Å². The number of hydrogen-bond acceptors (Lipinski definition) is 5. The molecule has 0 fully saturated rings. The summed E-state index contributed by atoms with van der Waals surface area (Å²) in [6, 6.07) is 24.7. The van der Waals surface area contributed by atoms with E-state index < -0.39 is 0 Å². The lowest BCUT2D eigenvalue weighted by Crippen LogP contribution is -2.29. The first-order valence-corrected chi connectivity index (χ1v) is 9.58. The Kier molecular flexibility index (Phi) is 4.25. The second-order valence-electron chi connectivity index (χ2n) is 6.91. The molecule has 0 radical (unpaired) electrons. The Morgan fingerprint density at radius 2 is 1.50 bits per heavy atom. The summed E-state index contributed by atoms with van der Waals surface area (Å²) < 4.78 is 12.9. The summed E-state index contributed by atoms with van der Waals surface area (Å²) in [4.78, 5) is 13.5. The van der Waals surface area contributed by atoms with Crippen molar-refractivity contribution in [2.24, 2.45) is 5.10 Å². The molecule has 5 rings (SSSR count). The van der Waals surface area contributed by atoms with Crippen LogP contribution < -0.4 is 20.0 Å². The molecular formula is C24H19N3O3. The highest BCUT2D eigenvalue weighted by Gasteiger charge is 2.28. The molecule has 30 heavy (non-hydrogen) atoms. The van der Waals surface area contributed by atoms with Crippen molar-refractivity contribution in [3.63, 3.8) is 0 Å². The van der Waals surface area contributed by atoms with Gasteiger partial charge in [0.2, 0.25) is 11.8 Å². The van der Waals surface area contributed by atoms with Crippen LogP contribution in [0.15, 0.2) is 88.8 Å². The lowest BCUT2D eigenvalue weighted by molar-refractivity contribution is 0.414. The lowest BCUT2D eigenvalue weighted by atomic mass is 10.1. The summed E-state index contributed by atoms with van der Waals surface area (Å²) in [7, 11) is 1.61. The average molecular weight is 397 g/mol. The van der Waals surface area contributed by atoms with Crippen LogP contribution in [-0.2, 0) is 0 Å². The first-order valence-electron chi connectivity index (χ1n) is 9.58. The van der Waals surface area contributed by atoms with Crippen molar-refractivity contribution < 1.29 is 9.47 Å². The molecule has 0 saturated heterocycles. The van der Waals surface area contributed by atoms with Crippen molar-refractivity contribution in [1.29, 1.82) is 0 Å². The maximum atomic E-state index is 13.5. The Morgan fingerprint density at radius 1 is 0.833 bits per heavy atom. The fraction of sp³-hybridized carbons (Fsp3) is 0.0833. The zero-order chi connectivity index (χ0) is 20.7. The summed E-state index contributed by atoms with van der Waals surface area (Å²) in [6.07, 6.45) is 0. The second-order valence-corrected chi connectivity index (χ2v) is 6.91. The van der Waals surface area contributed by atoms with Crippen LogP contribution in [-0.4, -0.2) is 17.6 Å². The number of ether oxygens (including phenoxy) is 2. The van der Waals surface area contributed by atoms with Gasteiger partial charge in [0, 0.05) is 17.7 Å². The third kappa shape index (κ3) is 2.81. The molecule has 2 heterocycles. The minimum Gasteiger partial charge on any atom is -0.497 e. The molecule has 6 nitrogen and oxygen atoms in total. The maximum Gasteiger partial charge on any atom is 0.265 e. The van der Waals surface area contributed by atoms with E-state index in [1.165, 1.54) is 0 Å². The van der Waals surface area contributed by atoms with Gasteiger partial charge in [-0.1, -0.05) is 36.4 Å². The van der Waals surface area contributed by atoms with Crippen molar-refractivity contribution in [3.05, 3.63) is 89.2 Å². The van der Waals surface area contributed by atoms with Gasteiger partial charge in [-0.25, -0.2) is 9.58 Å². The molecule has 6 heteroatoms. The molecule has 1 aliphatic rings. The number of para-hydroxylation sites is 1. The fourth-order valence-corrected chi connectivity index (χ4v) is 3.68. The van der Waals surface area contributed by atoms with Gasteiger partial charge in [0.1, 0.15) is 11.4 Å². The zero-order valence-electron chi connectivity index (χ0n) is 16.6. The molecule has 0 saturated carbocycles. The Labute approximate surface area is 173 Å². The molecule has 1 aromatic heterocycles. The van der Waals surface area contributed by atoms with E-state index in [0.29, 0.717) is 28.6 Å². The molecule has 148 valence electrons. The van der Waals surface area contributed by atoms with Crippen LogP contribution in [0.2, 0.25) is 0 Å². The van der Waals surface area contributed by atoms with Gasteiger partial charge in [-0.05, 0) is 42.5 Å². The van der Waals surface area contributed by atoms with Gasteiger partial charge in [-0.2, -0.15) is 0 Å². The molecule has 0 aliphatic carbocycles. The number of fused-ring (bicyclic) bond motifs is 3. The molecule has 3 aromatic carbocycles. The van der Waals surface area contributed by atoms with Crippen molar-refractivity contribution in [2.75, 3.05) is 12.1 Å². The summed E-state index contributed by atoms with van der Waals surface area (Å²) in [5.41, 5.74) is 2.13. The van der Waals surface area contributed by atoms with Crippen LogP contribution in [0.3, 0.4) is 0 Å². The number of anilines is 2. The van der Waals surface area contributed by atoms with Crippen molar-refractivity contribution in [2.45, 2.75) is 6.92 Å². The van der Waals surface area contributed by atoms with Gasteiger partial charge in [0.15, 0.2) is 0 Å². The zero-order valence-corrected chi connectivity index (χ0v) is 16.6. The molecule has 0 bridgehead atoms. The van der Waals surface area contributed by atoms with Crippen LogP contribution in [0.1, 0.15) is 6.92 Å². The average Bonchev–Trinajstić information content (AvgIpc) is 2.79. The van der Waals surface area contributed by atoms with Gasteiger partial charge in [-0.15, -0.1) is 5.10 Å². The number of nitrogens with zero attached hydrogens (tertiary/aromatic N) is 3. The Balaban J connectivity index is 1.87. The lowest BCUT2D eigenvalue weighted by Gasteiger charge is -2.29. The highest BCUT2D eigenvalue weighted by molar-refractivity contribution is 6.01. The first kappa shape index (κ1) is 18.0. The third-order valence-corrected chi connectivity index (χ3v) is 5.05. The van der Waals surface area contributed by atoms with E-state index in [4.69, 9.17) is 9.47 Å². The van der Waals surface area contributed by atoms with E-state index >= 15 is 0 Å². The molecule has 0 amide bonds. The molecular weight excluding hydrogens is 378 g/mol. The largest absolute Gasteiger partial charge is 0.497 e. The van der Waals surface area contributed by atoms with E-state index in [1.54, 1.807) is 18.6 Å². The van der Waals surface area contributed by atoms with E-state index in [9.17, 15) is 4.79 Å².